The van der Waals surface area contributed by atoms with Gasteiger partial charge in [0.15, 0.2) is 5.65 Å². The van der Waals surface area contributed by atoms with Crippen LogP contribution in [0, 0.1) is 0 Å². The van der Waals surface area contributed by atoms with Crippen LogP contribution in [0.25, 0.3) is 5.65 Å². The molecule has 0 atom stereocenters. The summed E-state index contributed by atoms with van der Waals surface area (Å²) < 4.78 is 2.69. The first-order valence-corrected chi connectivity index (χ1v) is 11.8. The summed E-state index contributed by atoms with van der Waals surface area (Å²) in [5.74, 6) is 2.02. The number of carbonyl (C=O) groups is 1. The lowest BCUT2D eigenvalue weighted by atomic mass is 9.93. The van der Waals surface area contributed by atoms with Gasteiger partial charge in [0.2, 0.25) is 5.91 Å². The number of hydrogen-bond acceptors (Lipinski definition) is 6. The Balaban J connectivity index is 1.54. The number of pyridine rings is 1. The number of nitrogens with zero attached hydrogens (tertiary/aromatic N) is 5. The molecule has 9 heteroatoms. The Morgan fingerprint density at radius 1 is 1.34 bits per heavy atom. The smallest absolute Gasteiger partial charge is 0.232 e. The van der Waals surface area contributed by atoms with Crippen molar-refractivity contribution in [2.45, 2.75) is 25.3 Å². The topological polar surface area (TPSA) is 75.4 Å². The second kappa shape index (κ2) is 9.13. The molecule has 4 heterocycles. The third-order valence-electron chi connectivity index (χ3n) is 5.18. The van der Waals surface area contributed by atoms with Crippen LogP contribution in [0.5, 0.6) is 0 Å². The molecule has 0 radical (unpaired) electrons. The fraction of sp³-hybridized carbons (Fsp3) is 0.400. The molecular weight excluding hydrogens is 452 g/mol. The molecule has 3 aromatic heterocycles. The van der Waals surface area contributed by atoms with Gasteiger partial charge in [-0.25, -0.2) is 4.98 Å². The Kier molecular flexibility index (Phi) is 6.34. The molecule has 1 aliphatic heterocycles. The number of thioether (sulfide) groups is 1. The van der Waals surface area contributed by atoms with Gasteiger partial charge in [-0.2, -0.15) is 21.4 Å². The van der Waals surface area contributed by atoms with Crippen molar-refractivity contribution in [3.8, 4) is 0 Å². The second-order valence-electron chi connectivity index (χ2n) is 7.10. The maximum Gasteiger partial charge on any atom is 0.232 e. The highest BCUT2D eigenvalue weighted by Crippen LogP contribution is 2.30. The lowest BCUT2D eigenvalue weighted by molar-refractivity contribution is -0.129. The third kappa shape index (κ3) is 4.56. The molecule has 1 amide bonds. The maximum atomic E-state index is 12.2. The van der Waals surface area contributed by atoms with E-state index in [1.807, 2.05) is 34.0 Å². The summed E-state index contributed by atoms with van der Waals surface area (Å²) in [6.07, 6.45) is 9.21. The zero-order valence-electron chi connectivity index (χ0n) is 16.2. The predicted molar refractivity (Wildman–Crippen MR) is 119 cm³/mol. The van der Waals surface area contributed by atoms with Crippen LogP contribution in [0.2, 0.25) is 0 Å². The standard InChI is InChI=1S/C20H23BrN6OS/c1-29-13-19(28)26-7-4-15(5-8-26)17-9-18(23-11-14-3-2-6-22-10-14)27-20(25-17)16(21)12-24-27/h2-3,6,9-10,12,15,23H,4-5,7-8,11,13H2,1H3. The molecule has 1 fully saturated rings. The Morgan fingerprint density at radius 3 is 2.90 bits per heavy atom. The minimum atomic E-state index is 0.233. The quantitative estimate of drug-likeness (QED) is 0.588. The van der Waals surface area contributed by atoms with Crippen molar-refractivity contribution in [2.75, 3.05) is 30.4 Å². The van der Waals surface area contributed by atoms with Crippen LogP contribution in [0.1, 0.15) is 30.0 Å². The average molecular weight is 475 g/mol. The van der Waals surface area contributed by atoms with Gasteiger partial charge in [0.25, 0.3) is 0 Å². The van der Waals surface area contributed by atoms with Crippen molar-refractivity contribution >= 4 is 45.1 Å². The van der Waals surface area contributed by atoms with E-state index in [1.165, 1.54) is 0 Å². The molecular formula is C20H23BrN6OS. The van der Waals surface area contributed by atoms with Crippen molar-refractivity contribution in [1.82, 2.24) is 24.5 Å². The van der Waals surface area contributed by atoms with Crippen LogP contribution in [-0.4, -0.2) is 55.5 Å². The molecule has 0 unspecified atom stereocenters. The fourth-order valence-corrected chi connectivity index (χ4v) is 4.40. The molecule has 3 aromatic rings. The van der Waals surface area contributed by atoms with E-state index in [2.05, 4.69) is 37.4 Å². The van der Waals surface area contributed by atoms with Gasteiger partial charge in [0, 0.05) is 49.7 Å². The minimum Gasteiger partial charge on any atom is -0.366 e. The molecule has 1 aliphatic rings. The van der Waals surface area contributed by atoms with Gasteiger partial charge in [-0.3, -0.25) is 9.78 Å². The first-order valence-electron chi connectivity index (χ1n) is 9.59. The number of hydrogen-bond donors (Lipinski definition) is 1. The fourth-order valence-electron chi connectivity index (χ4n) is 3.62. The molecule has 0 aliphatic carbocycles. The minimum absolute atomic E-state index is 0.233. The van der Waals surface area contributed by atoms with Crippen molar-refractivity contribution in [1.29, 1.82) is 0 Å². The van der Waals surface area contributed by atoms with Crippen molar-refractivity contribution in [3.05, 3.63) is 52.5 Å². The summed E-state index contributed by atoms with van der Waals surface area (Å²) >= 11 is 5.14. The van der Waals surface area contributed by atoms with Gasteiger partial charge < -0.3 is 10.2 Å². The second-order valence-corrected chi connectivity index (χ2v) is 8.82. The molecule has 29 heavy (non-hydrogen) atoms. The number of rotatable bonds is 6. The van der Waals surface area contributed by atoms with Crippen LogP contribution < -0.4 is 5.32 Å². The van der Waals surface area contributed by atoms with E-state index >= 15 is 0 Å². The van der Waals surface area contributed by atoms with Crippen LogP contribution >= 0.6 is 27.7 Å². The number of anilines is 1. The number of aromatic nitrogens is 4. The van der Waals surface area contributed by atoms with Gasteiger partial charge in [0.05, 0.1) is 16.4 Å². The largest absolute Gasteiger partial charge is 0.366 e. The Morgan fingerprint density at radius 2 is 2.17 bits per heavy atom. The van der Waals surface area contributed by atoms with E-state index in [4.69, 9.17) is 4.98 Å². The van der Waals surface area contributed by atoms with Gasteiger partial charge in [-0.1, -0.05) is 6.07 Å². The van der Waals surface area contributed by atoms with Gasteiger partial charge >= 0.3 is 0 Å². The number of carbonyl (C=O) groups excluding carboxylic acids is 1. The van der Waals surface area contributed by atoms with E-state index < -0.39 is 0 Å². The Labute approximate surface area is 182 Å². The number of amides is 1. The van der Waals surface area contributed by atoms with Crippen molar-refractivity contribution in [2.24, 2.45) is 0 Å². The van der Waals surface area contributed by atoms with Crippen molar-refractivity contribution in [3.63, 3.8) is 0 Å². The lowest BCUT2D eigenvalue weighted by Gasteiger charge is -2.32. The highest BCUT2D eigenvalue weighted by Gasteiger charge is 2.25. The highest BCUT2D eigenvalue weighted by atomic mass is 79.9. The van der Waals surface area contributed by atoms with Crippen LogP contribution in [0.4, 0.5) is 5.82 Å². The number of piperidine rings is 1. The monoisotopic (exact) mass is 474 g/mol. The molecule has 4 rings (SSSR count). The molecule has 152 valence electrons. The Bertz CT molecular complexity index is 987. The Hall–Kier alpha value is -2.13. The van der Waals surface area contributed by atoms with Gasteiger partial charge in [-0.05, 0) is 46.7 Å². The van der Waals surface area contributed by atoms with Crippen LogP contribution in [0.3, 0.4) is 0 Å². The van der Waals surface area contributed by atoms with Crippen LogP contribution in [0.15, 0.2) is 41.3 Å². The predicted octanol–water partition coefficient (Wildman–Crippen LogP) is 3.57. The van der Waals surface area contributed by atoms with E-state index in [0.717, 1.165) is 53.1 Å². The van der Waals surface area contributed by atoms with E-state index in [0.29, 0.717) is 18.2 Å². The maximum absolute atomic E-state index is 12.2. The van der Waals surface area contributed by atoms with Crippen LogP contribution in [-0.2, 0) is 11.3 Å². The lowest BCUT2D eigenvalue weighted by Crippen LogP contribution is -2.39. The first-order chi connectivity index (χ1) is 14.2. The average Bonchev–Trinajstić information content (AvgIpc) is 3.14. The third-order valence-corrected chi connectivity index (χ3v) is 6.27. The summed E-state index contributed by atoms with van der Waals surface area (Å²) in [5.41, 5.74) is 2.95. The number of fused-ring (bicyclic) bond motifs is 1. The number of likely N-dealkylation sites (tertiary alicyclic amines) is 1. The number of nitrogens with one attached hydrogen (secondary N) is 1. The number of halogens is 1. The highest BCUT2D eigenvalue weighted by molar-refractivity contribution is 9.10. The molecule has 0 saturated carbocycles. The van der Waals surface area contributed by atoms with E-state index in [1.54, 1.807) is 24.2 Å². The summed E-state index contributed by atoms with van der Waals surface area (Å²) in [4.78, 5) is 23.2. The summed E-state index contributed by atoms with van der Waals surface area (Å²) in [5, 5.41) is 7.92. The SMILES string of the molecule is CSCC(=O)N1CCC(c2cc(NCc3cccnc3)n3ncc(Br)c3n2)CC1. The summed E-state index contributed by atoms with van der Waals surface area (Å²) in [7, 11) is 0. The van der Waals surface area contributed by atoms with Gasteiger partial charge in [0.1, 0.15) is 5.82 Å². The van der Waals surface area contributed by atoms with Gasteiger partial charge in [-0.15, -0.1) is 0 Å². The molecule has 0 aromatic carbocycles. The van der Waals surface area contributed by atoms with E-state index in [-0.39, 0.29) is 5.91 Å². The summed E-state index contributed by atoms with van der Waals surface area (Å²) in [6.45, 7) is 2.23. The molecule has 0 spiro atoms. The zero-order chi connectivity index (χ0) is 20.2. The molecule has 0 bridgehead atoms. The first kappa shape index (κ1) is 20.2. The zero-order valence-corrected chi connectivity index (χ0v) is 18.6. The molecule has 7 nitrogen and oxygen atoms in total. The molecule has 1 saturated heterocycles. The normalized spacial score (nSPS) is 15.0. The molecule has 1 N–H and O–H groups in total. The van der Waals surface area contributed by atoms with E-state index in [9.17, 15) is 4.79 Å². The summed E-state index contributed by atoms with van der Waals surface area (Å²) in [6, 6.07) is 6.06. The van der Waals surface area contributed by atoms with Crippen molar-refractivity contribution < 1.29 is 4.79 Å².